The lowest BCUT2D eigenvalue weighted by Gasteiger charge is -2.34. The number of benzene rings is 2. The molecule has 0 saturated carbocycles. The van der Waals surface area contributed by atoms with Gasteiger partial charge >= 0.3 is 0 Å². The molecule has 136 valence electrons. The Labute approximate surface area is 165 Å². The van der Waals surface area contributed by atoms with E-state index in [4.69, 9.17) is 11.6 Å². The van der Waals surface area contributed by atoms with E-state index in [1.54, 1.807) is 11.8 Å². The van der Waals surface area contributed by atoms with Crippen LogP contribution in [0.4, 0.5) is 11.4 Å². The van der Waals surface area contributed by atoms with Gasteiger partial charge in [0.25, 0.3) is 0 Å². The van der Waals surface area contributed by atoms with Gasteiger partial charge in [-0.2, -0.15) is 5.26 Å². The topological polar surface area (TPSA) is 30.3 Å². The van der Waals surface area contributed by atoms with Gasteiger partial charge in [0.05, 0.1) is 22.9 Å². The van der Waals surface area contributed by atoms with Gasteiger partial charge < -0.3 is 9.80 Å². The molecule has 5 heteroatoms. The SMILES string of the molecule is CN(C)CCCN1c2ccc(Cl)cc2Sc2ccc(C(C)(C)C#N)cc21. The summed E-state index contributed by atoms with van der Waals surface area (Å²) in [5, 5.41) is 10.3. The number of nitrogens with zero attached hydrogens (tertiary/aromatic N) is 3. The van der Waals surface area contributed by atoms with Crippen LogP contribution in [0.15, 0.2) is 46.2 Å². The molecule has 0 N–H and O–H groups in total. The first-order chi connectivity index (χ1) is 12.3. The summed E-state index contributed by atoms with van der Waals surface area (Å²) in [6, 6.07) is 14.9. The number of rotatable bonds is 5. The van der Waals surface area contributed by atoms with E-state index in [1.807, 2.05) is 26.0 Å². The Morgan fingerprint density at radius 2 is 1.88 bits per heavy atom. The predicted molar refractivity (Wildman–Crippen MR) is 111 cm³/mol. The van der Waals surface area contributed by atoms with Gasteiger partial charge in [0, 0.05) is 21.4 Å². The molecule has 0 fully saturated rings. The van der Waals surface area contributed by atoms with Crippen LogP contribution in [0.5, 0.6) is 0 Å². The van der Waals surface area contributed by atoms with Crippen LogP contribution in [-0.2, 0) is 5.41 Å². The highest BCUT2D eigenvalue weighted by molar-refractivity contribution is 7.99. The largest absolute Gasteiger partial charge is 0.340 e. The molecule has 0 spiro atoms. The van der Waals surface area contributed by atoms with Gasteiger partial charge in [-0.1, -0.05) is 29.4 Å². The van der Waals surface area contributed by atoms with Gasteiger partial charge in [-0.3, -0.25) is 0 Å². The second-order valence-electron chi connectivity index (χ2n) is 7.44. The molecule has 0 unspecified atom stereocenters. The molecular weight excluding hydrogens is 362 g/mol. The maximum Gasteiger partial charge on any atom is 0.0767 e. The van der Waals surface area contributed by atoms with Crippen LogP contribution in [0.3, 0.4) is 0 Å². The van der Waals surface area contributed by atoms with E-state index in [0.717, 1.165) is 30.1 Å². The molecule has 0 saturated heterocycles. The van der Waals surface area contributed by atoms with Crippen LogP contribution in [0.2, 0.25) is 5.02 Å². The summed E-state index contributed by atoms with van der Waals surface area (Å²) < 4.78 is 0. The number of anilines is 2. The summed E-state index contributed by atoms with van der Waals surface area (Å²) in [6.45, 7) is 5.89. The quantitative estimate of drug-likeness (QED) is 0.660. The zero-order chi connectivity index (χ0) is 18.9. The van der Waals surface area contributed by atoms with Crippen molar-refractivity contribution in [2.24, 2.45) is 0 Å². The average molecular weight is 386 g/mol. The van der Waals surface area contributed by atoms with Crippen molar-refractivity contribution in [3.05, 3.63) is 47.0 Å². The van der Waals surface area contributed by atoms with Crippen molar-refractivity contribution in [3.8, 4) is 6.07 Å². The summed E-state index contributed by atoms with van der Waals surface area (Å²) in [4.78, 5) is 6.97. The molecule has 0 aromatic heterocycles. The number of fused-ring (bicyclic) bond motifs is 2. The van der Waals surface area contributed by atoms with E-state index in [1.165, 1.54) is 21.2 Å². The minimum absolute atomic E-state index is 0.505. The van der Waals surface area contributed by atoms with Crippen molar-refractivity contribution >= 4 is 34.7 Å². The molecule has 1 heterocycles. The van der Waals surface area contributed by atoms with Crippen LogP contribution in [0.25, 0.3) is 0 Å². The first-order valence-corrected chi connectivity index (χ1v) is 9.97. The number of nitriles is 1. The van der Waals surface area contributed by atoms with Gasteiger partial charge in [0.2, 0.25) is 0 Å². The highest BCUT2D eigenvalue weighted by Gasteiger charge is 2.27. The summed E-state index contributed by atoms with van der Waals surface area (Å²) in [5.41, 5.74) is 2.92. The molecule has 0 radical (unpaired) electrons. The zero-order valence-electron chi connectivity index (χ0n) is 15.7. The lowest BCUT2D eigenvalue weighted by Crippen LogP contribution is -2.26. The molecule has 2 aromatic carbocycles. The second-order valence-corrected chi connectivity index (χ2v) is 8.96. The van der Waals surface area contributed by atoms with Crippen molar-refractivity contribution in [2.45, 2.75) is 35.5 Å². The van der Waals surface area contributed by atoms with Crippen LogP contribution in [-0.4, -0.2) is 32.1 Å². The number of halogens is 1. The molecule has 0 bridgehead atoms. The predicted octanol–water partition coefficient (Wildman–Crippen LogP) is 5.70. The molecule has 0 aliphatic carbocycles. The highest BCUT2D eigenvalue weighted by atomic mass is 35.5. The Balaban J connectivity index is 2.03. The zero-order valence-corrected chi connectivity index (χ0v) is 17.3. The van der Waals surface area contributed by atoms with E-state index < -0.39 is 5.41 Å². The standard InChI is InChI=1S/C21H24ClN3S/c1-21(2,14-23)15-6-9-19-18(12-15)25(11-5-10-24(3)4)17-8-7-16(22)13-20(17)26-19/h6-9,12-13H,5,10-11H2,1-4H3. The van der Waals surface area contributed by atoms with E-state index in [2.05, 4.69) is 54.2 Å². The molecule has 3 rings (SSSR count). The van der Waals surface area contributed by atoms with Crippen molar-refractivity contribution in [3.63, 3.8) is 0 Å². The maximum absolute atomic E-state index is 9.52. The van der Waals surface area contributed by atoms with Gasteiger partial charge in [-0.05, 0) is 76.8 Å². The summed E-state index contributed by atoms with van der Waals surface area (Å²) in [5.74, 6) is 0. The number of hydrogen-bond acceptors (Lipinski definition) is 4. The summed E-state index contributed by atoms with van der Waals surface area (Å²) in [7, 11) is 4.20. The van der Waals surface area contributed by atoms with Crippen LogP contribution in [0, 0.1) is 11.3 Å². The summed E-state index contributed by atoms with van der Waals surface area (Å²) >= 11 is 7.97. The van der Waals surface area contributed by atoms with Gasteiger partial charge in [-0.25, -0.2) is 0 Å². The first-order valence-electron chi connectivity index (χ1n) is 8.77. The van der Waals surface area contributed by atoms with Crippen molar-refractivity contribution in [2.75, 3.05) is 32.1 Å². The normalized spacial score (nSPS) is 13.3. The molecule has 2 aromatic rings. The average Bonchev–Trinajstić information content (AvgIpc) is 2.60. The third-order valence-electron chi connectivity index (χ3n) is 4.67. The van der Waals surface area contributed by atoms with Crippen LogP contribution >= 0.6 is 23.4 Å². The molecule has 0 amide bonds. The Hall–Kier alpha value is -1.67. The Morgan fingerprint density at radius 3 is 2.58 bits per heavy atom. The third-order valence-corrected chi connectivity index (χ3v) is 6.02. The minimum Gasteiger partial charge on any atom is -0.340 e. The Morgan fingerprint density at radius 1 is 1.12 bits per heavy atom. The monoisotopic (exact) mass is 385 g/mol. The van der Waals surface area contributed by atoms with E-state index in [9.17, 15) is 5.26 Å². The summed E-state index contributed by atoms with van der Waals surface area (Å²) in [6.07, 6.45) is 1.06. The van der Waals surface area contributed by atoms with Crippen molar-refractivity contribution in [1.82, 2.24) is 4.90 Å². The minimum atomic E-state index is -0.505. The molecule has 1 aliphatic rings. The molecule has 3 nitrogen and oxygen atoms in total. The highest BCUT2D eigenvalue weighted by Crippen LogP contribution is 2.49. The van der Waals surface area contributed by atoms with Crippen LogP contribution in [0.1, 0.15) is 25.8 Å². The fourth-order valence-corrected chi connectivity index (χ4v) is 4.45. The molecule has 26 heavy (non-hydrogen) atoms. The van der Waals surface area contributed by atoms with Crippen LogP contribution < -0.4 is 4.90 Å². The molecule has 0 atom stereocenters. The van der Waals surface area contributed by atoms with E-state index >= 15 is 0 Å². The molecule has 1 aliphatic heterocycles. The van der Waals surface area contributed by atoms with Crippen molar-refractivity contribution < 1.29 is 0 Å². The van der Waals surface area contributed by atoms with E-state index in [0.29, 0.717) is 0 Å². The fraction of sp³-hybridized carbons (Fsp3) is 0.381. The first kappa shape index (κ1) is 19.1. The van der Waals surface area contributed by atoms with Gasteiger partial charge in [-0.15, -0.1) is 0 Å². The smallest absolute Gasteiger partial charge is 0.0767 e. The molecular formula is C21H24ClN3S. The van der Waals surface area contributed by atoms with E-state index in [-0.39, 0.29) is 0 Å². The third kappa shape index (κ3) is 3.86. The maximum atomic E-state index is 9.52. The number of hydrogen-bond donors (Lipinski definition) is 0. The second kappa shape index (κ2) is 7.52. The lowest BCUT2D eigenvalue weighted by atomic mass is 9.86. The fourth-order valence-electron chi connectivity index (χ4n) is 3.09. The Bertz CT molecular complexity index is 855. The van der Waals surface area contributed by atoms with Gasteiger partial charge in [0.15, 0.2) is 0 Å². The lowest BCUT2D eigenvalue weighted by molar-refractivity contribution is 0.402. The van der Waals surface area contributed by atoms with Gasteiger partial charge in [0.1, 0.15) is 0 Å². The Kier molecular flexibility index (Phi) is 5.53. The van der Waals surface area contributed by atoms with Crippen molar-refractivity contribution in [1.29, 1.82) is 5.26 Å².